The quantitative estimate of drug-likeness (QED) is 0.136. The largest absolute Gasteiger partial charge is 0.487 e. The average molecular weight is 777 g/mol. The molecule has 0 saturated carbocycles. The third-order valence-electron chi connectivity index (χ3n) is 5.27. The molecule has 35 heavy (non-hydrogen) atoms. The minimum absolute atomic E-state index is 0.175. The fourth-order valence-corrected chi connectivity index (χ4v) is 6.08. The zero-order chi connectivity index (χ0) is 24.9. The van der Waals surface area contributed by atoms with E-state index in [0.29, 0.717) is 34.8 Å². The highest BCUT2D eigenvalue weighted by Gasteiger charge is 2.12. The van der Waals surface area contributed by atoms with Gasteiger partial charge in [-0.15, -0.1) is 0 Å². The third-order valence-corrected chi connectivity index (χ3v) is 7.62. The Labute approximate surface area is 244 Å². The molecule has 0 unspecified atom stereocenters. The lowest BCUT2D eigenvalue weighted by atomic mass is 10.2. The van der Waals surface area contributed by atoms with E-state index in [2.05, 4.69) is 73.1 Å². The normalized spacial score (nSPS) is 11.5. The molecule has 0 fully saturated rings. The SMILES string of the molecule is CCCCc1nc2ccc(Br)cc2c(=O)n1N=Cc1cc(I)c(OCc2ccc(Cl)cc2)c(I)c1. The summed E-state index contributed by atoms with van der Waals surface area (Å²) in [7, 11) is 0. The van der Waals surface area contributed by atoms with Crippen molar-refractivity contribution in [1.29, 1.82) is 0 Å². The van der Waals surface area contributed by atoms with Crippen molar-refractivity contribution in [3.8, 4) is 5.75 Å². The van der Waals surface area contributed by atoms with Crippen molar-refractivity contribution in [1.82, 2.24) is 9.66 Å². The highest BCUT2D eigenvalue weighted by Crippen LogP contribution is 2.29. The topological polar surface area (TPSA) is 56.5 Å². The first-order chi connectivity index (χ1) is 16.9. The van der Waals surface area contributed by atoms with Gasteiger partial charge in [-0.25, -0.2) is 4.98 Å². The summed E-state index contributed by atoms with van der Waals surface area (Å²) in [6.07, 6.45) is 4.32. The Morgan fingerprint density at radius 3 is 2.51 bits per heavy atom. The number of nitrogens with zero attached hydrogens (tertiary/aromatic N) is 3. The Kier molecular flexibility index (Phi) is 9.23. The molecule has 0 bridgehead atoms. The molecule has 3 aromatic carbocycles. The van der Waals surface area contributed by atoms with Gasteiger partial charge in [0.15, 0.2) is 0 Å². The van der Waals surface area contributed by atoms with Gasteiger partial charge in [-0.05, 0) is 105 Å². The average Bonchev–Trinajstić information content (AvgIpc) is 2.83. The van der Waals surface area contributed by atoms with Gasteiger partial charge in [-0.1, -0.05) is 53.0 Å². The van der Waals surface area contributed by atoms with Crippen LogP contribution in [0.25, 0.3) is 10.9 Å². The van der Waals surface area contributed by atoms with E-state index in [1.165, 1.54) is 4.68 Å². The molecule has 0 amide bonds. The molecule has 0 aliphatic rings. The van der Waals surface area contributed by atoms with Crippen molar-refractivity contribution in [2.45, 2.75) is 32.8 Å². The van der Waals surface area contributed by atoms with Crippen LogP contribution in [0.15, 0.2) is 69.0 Å². The molecule has 1 aromatic heterocycles. The van der Waals surface area contributed by atoms with Crippen LogP contribution in [0, 0.1) is 7.14 Å². The second-order valence-corrected chi connectivity index (χ2v) is 11.6. The number of hydrogen-bond donors (Lipinski definition) is 0. The van der Waals surface area contributed by atoms with Crippen LogP contribution >= 0.6 is 72.7 Å². The smallest absolute Gasteiger partial charge is 0.282 e. The number of fused-ring (bicyclic) bond motifs is 1. The van der Waals surface area contributed by atoms with Gasteiger partial charge in [0, 0.05) is 15.9 Å². The molecule has 0 aliphatic carbocycles. The molecule has 0 radical (unpaired) electrons. The Morgan fingerprint density at radius 1 is 1.11 bits per heavy atom. The molecule has 0 N–H and O–H groups in total. The van der Waals surface area contributed by atoms with E-state index in [-0.39, 0.29) is 5.56 Å². The van der Waals surface area contributed by atoms with Gasteiger partial charge in [-0.2, -0.15) is 9.78 Å². The predicted molar refractivity (Wildman–Crippen MR) is 163 cm³/mol. The molecular weight excluding hydrogens is 755 g/mol. The van der Waals surface area contributed by atoms with Gasteiger partial charge in [-0.3, -0.25) is 4.79 Å². The van der Waals surface area contributed by atoms with E-state index in [1.807, 2.05) is 48.5 Å². The zero-order valence-electron chi connectivity index (χ0n) is 18.8. The molecule has 0 aliphatic heterocycles. The zero-order valence-corrected chi connectivity index (χ0v) is 25.4. The van der Waals surface area contributed by atoms with Crippen LogP contribution in [0.2, 0.25) is 5.02 Å². The molecule has 9 heteroatoms. The van der Waals surface area contributed by atoms with Gasteiger partial charge >= 0.3 is 0 Å². The summed E-state index contributed by atoms with van der Waals surface area (Å²) >= 11 is 13.9. The minimum Gasteiger partial charge on any atom is -0.487 e. The summed E-state index contributed by atoms with van der Waals surface area (Å²) in [5.41, 5.74) is 2.43. The number of unbranched alkanes of at least 4 members (excludes halogenated alkanes) is 1. The van der Waals surface area contributed by atoms with E-state index >= 15 is 0 Å². The Morgan fingerprint density at radius 2 is 1.83 bits per heavy atom. The van der Waals surface area contributed by atoms with E-state index in [0.717, 1.165) is 41.3 Å². The summed E-state index contributed by atoms with van der Waals surface area (Å²) in [5, 5.41) is 5.80. The number of rotatable bonds is 8. The Bertz CT molecular complexity index is 1430. The second-order valence-electron chi connectivity index (χ2n) is 7.88. The van der Waals surface area contributed by atoms with E-state index < -0.39 is 0 Å². The van der Waals surface area contributed by atoms with Gasteiger partial charge in [0.2, 0.25) is 0 Å². The first-order valence-corrected chi connectivity index (χ1v) is 14.3. The van der Waals surface area contributed by atoms with Crippen LogP contribution in [-0.4, -0.2) is 15.9 Å². The maximum absolute atomic E-state index is 13.3. The maximum Gasteiger partial charge on any atom is 0.282 e. The van der Waals surface area contributed by atoms with Crippen molar-refractivity contribution in [2.75, 3.05) is 0 Å². The van der Waals surface area contributed by atoms with Gasteiger partial charge in [0.1, 0.15) is 18.2 Å². The van der Waals surface area contributed by atoms with Crippen LogP contribution in [0.3, 0.4) is 0 Å². The summed E-state index contributed by atoms with van der Waals surface area (Å²) in [6, 6.07) is 17.1. The number of halogens is 4. The third kappa shape index (κ3) is 6.64. The number of aromatic nitrogens is 2. The van der Waals surface area contributed by atoms with E-state index in [1.54, 1.807) is 12.3 Å². The second kappa shape index (κ2) is 12.2. The van der Waals surface area contributed by atoms with Crippen molar-refractivity contribution in [2.24, 2.45) is 5.10 Å². The van der Waals surface area contributed by atoms with Crippen LogP contribution in [0.4, 0.5) is 0 Å². The molecule has 4 rings (SSSR count). The first kappa shape index (κ1) is 26.6. The Hall–Kier alpha value is -1.50. The van der Waals surface area contributed by atoms with Gasteiger partial charge in [0.25, 0.3) is 5.56 Å². The minimum atomic E-state index is -0.175. The lowest BCUT2D eigenvalue weighted by molar-refractivity contribution is 0.302. The molecule has 4 aromatic rings. The summed E-state index contributed by atoms with van der Waals surface area (Å²) < 4.78 is 10.3. The van der Waals surface area contributed by atoms with E-state index in [4.69, 9.17) is 21.3 Å². The summed E-state index contributed by atoms with van der Waals surface area (Å²) in [4.78, 5) is 18.0. The maximum atomic E-state index is 13.3. The molecule has 5 nitrogen and oxygen atoms in total. The summed E-state index contributed by atoms with van der Waals surface area (Å²) in [6.45, 7) is 2.56. The highest BCUT2D eigenvalue weighted by atomic mass is 127. The molecule has 0 spiro atoms. The molecule has 0 saturated heterocycles. The molecule has 1 heterocycles. The fourth-order valence-electron chi connectivity index (χ4n) is 3.46. The molecular formula is C26H21BrClI2N3O2. The van der Waals surface area contributed by atoms with Crippen LogP contribution in [0.5, 0.6) is 5.75 Å². The first-order valence-electron chi connectivity index (χ1n) is 11.0. The van der Waals surface area contributed by atoms with Crippen molar-refractivity contribution >= 4 is 89.8 Å². The van der Waals surface area contributed by atoms with Crippen LogP contribution in [0.1, 0.15) is 36.7 Å². The number of ether oxygens (including phenoxy) is 1. The van der Waals surface area contributed by atoms with E-state index in [9.17, 15) is 4.79 Å². The van der Waals surface area contributed by atoms with Gasteiger partial charge < -0.3 is 4.74 Å². The predicted octanol–water partition coefficient (Wildman–Crippen LogP) is 7.83. The monoisotopic (exact) mass is 775 g/mol. The number of hydrogen-bond acceptors (Lipinski definition) is 4. The number of aryl methyl sites for hydroxylation is 1. The standard InChI is InChI=1S/C26H21BrClI2N3O2/c1-2-3-4-24-32-23-10-7-18(27)13-20(23)26(34)33(24)31-14-17-11-21(29)25(22(30)12-17)35-15-16-5-8-19(28)9-6-16/h5-14H,2-4,15H2,1H3. The van der Waals surface area contributed by atoms with Crippen molar-refractivity contribution < 1.29 is 4.74 Å². The van der Waals surface area contributed by atoms with Gasteiger partial charge in [0.05, 0.1) is 24.3 Å². The molecule has 0 atom stereocenters. The molecule has 180 valence electrons. The fraction of sp³-hybridized carbons (Fsp3) is 0.192. The van der Waals surface area contributed by atoms with Crippen LogP contribution < -0.4 is 10.3 Å². The van der Waals surface area contributed by atoms with Crippen molar-refractivity contribution in [3.05, 3.63) is 98.5 Å². The lowest BCUT2D eigenvalue weighted by Gasteiger charge is -2.12. The number of benzene rings is 3. The Balaban J connectivity index is 1.63. The lowest BCUT2D eigenvalue weighted by Crippen LogP contribution is -2.22. The highest BCUT2D eigenvalue weighted by molar-refractivity contribution is 14.1. The summed E-state index contributed by atoms with van der Waals surface area (Å²) in [5.74, 6) is 1.48. The van der Waals surface area contributed by atoms with Crippen molar-refractivity contribution in [3.63, 3.8) is 0 Å². The van der Waals surface area contributed by atoms with Crippen LogP contribution in [-0.2, 0) is 13.0 Å².